The van der Waals surface area contributed by atoms with Crippen molar-refractivity contribution in [1.29, 1.82) is 0 Å². The molecule has 0 spiro atoms. The minimum absolute atomic E-state index is 0. The number of H-pyrrole nitrogens is 1. The second-order valence-corrected chi connectivity index (χ2v) is 4.64. The first-order valence-electron chi connectivity index (χ1n) is 5.88. The van der Waals surface area contributed by atoms with E-state index in [0.717, 1.165) is 28.1 Å². The molecule has 0 fully saturated rings. The van der Waals surface area contributed by atoms with Gasteiger partial charge in [0.25, 0.3) is 0 Å². The average Bonchev–Trinajstić information content (AvgIpc) is 2.77. The summed E-state index contributed by atoms with van der Waals surface area (Å²) in [7, 11) is 1.64. The Labute approximate surface area is 113 Å². The molecule has 20 heavy (non-hydrogen) atoms. The van der Waals surface area contributed by atoms with E-state index in [-0.39, 0.29) is 6.15 Å². The molecule has 4 N–H and O–H groups in total. The zero-order valence-corrected chi connectivity index (χ0v) is 10.8. The number of benzene rings is 2. The molecule has 0 aliphatic heterocycles. The smallest absolute Gasteiger partial charge is 0.160 e. The van der Waals surface area contributed by atoms with Gasteiger partial charge in [0, 0.05) is 33.8 Å². The predicted molar refractivity (Wildman–Crippen MR) is 74.2 cm³/mol. The molecule has 2 aromatic rings. The fourth-order valence-corrected chi connectivity index (χ4v) is 2.50. The van der Waals surface area contributed by atoms with Gasteiger partial charge in [-0.05, 0) is 29.8 Å². The van der Waals surface area contributed by atoms with Crippen molar-refractivity contribution >= 4 is 10.9 Å². The number of aromatic nitrogens is 1. The van der Waals surface area contributed by atoms with Crippen LogP contribution in [0.1, 0.15) is 0 Å². The van der Waals surface area contributed by atoms with E-state index in [0.29, 0.717) is 10.9 Å². The van der Waals surface area contributed by atoms with Gasteiger partial charge in [-0.25, -0.2) is 8.78 Å². The Hall–Kier alpha value is -2.40. The molecule has 1 aromatic carbocycles. The molecule has 0 amide bonds. The van der Waals surface area contributed by atoms with Crippen LogP contribution in [0.2, 0.25) is 0 Å². The highest BCUT2D eigenvalue weighted by Crippen LogP contribution is 2.54. The van der Waals surface area contributed by atoms with Gasteiger partial charge in [-0.3, -0.25) is 0 Å². The Kier molecular flexibility index (Phi) is 2.55. The fourth-order valence-electron chi connectivity index (χ4n) is 2.50. The summed E-state index contributed by atoms with van der Waals surface area (Å²) >= 11 is 0. The number of fused-ring (bicyclic) bond motifs is 2. The van der Waals surface area contributed by atoms with E-state index in [1.165, 1.54) is 12.1 Å². The van der Waals surface area contributed by atoms with Crippen LogP contribution >= 0.6 is 0 Å². The molecule has 0 atom stereocenters. The number of halogens is 2. The lowest BCUT2D eigenvalue weighted by molar-refractivity contribution is 0.430. The number of hydrogen-bond donors (Lipinski definition) is 2. The first-order valence-corrected chi connectivity index (χ1v) is 5.88. The van der Waals surface area contributed by atoms with Crippen molar-refractivity contribution in [2.75, 3.05) is 7.11 Å². The lowest BCUT2D eigenvalue weighted by Crippen LogP contribution is -1.81. The van der Waals surface area contributed by atoms with Crippen LogP contribution < -0.4 is 10.9 Å². The summed E-state index contributed by atoms with van der Waals surface area (Å²) in [5.74, 6) is -0.743. The normalized spacial score (nSPS) is 11.3. The van der Waals surface area contributed by atoms with Crippen LogP contribution in [0.15, 0.2) is 30.3 Å². The SMILES string of the molecule is COc1c2cc(-c3cc4cc(F)c(F)cc4[nH]3)cc1-2.N. The highest BCUT2D eigenvalue weighted by Gasteiger charge is 2.27. The van der Waals surface area contributed by atoms with E-state index in [1.54, 1.807) is 7.11 Å². The Morgan fingerprint density at radius 2 is 1.60 bits per heavy atom. The van der Waals surface area contributed by atoms with Crippen molar-refractivity contribution in [2.24, 2.45) is 0 Å². The van der Waals surface area contributed by atoms with Crippen LogP contribution in [0.3, 0.4) is 0 Å². The summed E-state index contributed by atoms with van der Waals surface area (Å²) in [5.41, 5.74) is 4.65. The summed E-state index contributed by atoms with van der Waals surface area (Å²) < 4.78 is 31.5. The molecule has 4 rings (SSSR count). The van der Waals surface area contributed by atoms with Crippen molar-refractivity contribution < 1.29 is 13.5 Å². The maximum atomic E-state index is 13.2. The quantitative estimate of drug-likeness (QED) is 0.573. The predicted octanol–water partition coefficient (Wildman–Crippen LogP) is 4.26. The van der Waals surface area contributed by atoms with Crippen molar-refractivity contribution in [2.45, 2.75) is 0 Å². The van der Waals surface area contributed by atoms with Gasteiger partial charge < -0.3 is 15.9 Å². The van der Waals surface area contributed by atoms with E-state index < -0.39 is 11.6 Å². The fraction of sp³-hybridized carbons (Fsp3) is 0.0667. The number of aromatic amines is 1. The zero-order chi connectivity index (χ0) is 13.1. The number of ether oxygens (including phenoxy) is 1. The van der Waals surface area contributed by atoms with Gasteiger partial charge in [0.2, 0.25) is 0 Å². The lowest BCUT2D eigenvalue weighted by Gasteiger charge is -1.92. The first kappa shape index (κ1) is 12.6. The van der Waals surface area contributed by atoms with E-state index >= 15 is 0 Å². The molecular weight excluding hydrogens is 262 g/mol. The molecule has 2 aliphatic carbocycles. The van der Waals surface area contributed by atoms with Gasteiger partial charge in [-0.15, -0.1) is 0 Å². The van der Waals surface area contributed by atoms with Crippen molar-refractivity contribution in [3.63, 3.8) is 0 Å². The van der Waals surface area contributed by atoms with Crippen LogP contribution in [-0.4, -0.2) is 12.1 Å². The Morgan fingerprint density at radius 1 is 0.950 bits per heavy atom. The largest absolute Gasteiger partial charge is 0.495 e. The van der Waals surface area contributed by atoms with E-state index in [2.05, 4.69) is 4.98 Å². The molecule has 0 radical (unpaired) electrons. The van der Waals surface area contributed by atoms with Crippen LogP contribution in [0.25, 0.3) is 33.3 Å². The van der Waals surface area contributed by atoms with Crippen molar-refractivity contribution in [3.8, 4) is 28.1 Å². The zero-order valence-electron chi connectivity index (χ0n) is 10.8. The van der Waals surface area contributed by atoms with Crippen LogP contribution in [-0.2, 0) is 0 Å². The molecule has 2 aliphatic rings. The maximum absolute atomic E-state index is 13.2. The molecular formula is C15H12F2N2O. The van der Waals surface area contributed by atoms with Crippen molar-refractivity contribution in [3.05, 3.63) is 42.0 Å². The topological polar surface area (TPSA) is 60.0 Å². The molecule has 0 unspecified atom stereocenters. The maximum Gasteiger partial charge on any atom is 0.160 e. The monoisotopic (exact) mass is 274 g/mol. The molecule has 0 saturated carbocycles. The van der Waals surface area contributed by atoms with Gasteiger partial charge in [0.05, 0.1) is 7.11 Å². The van der Waals surface area contributed by atoms with Crippen LogP contribution in [0.4, 0.5) is 8.78 Å². The summed E-state index contributed by atoms with van der Waals surface area (Å²) in [6.07, 6.45) is 0. The minimum atomic E-state index is -0.841. The van der Waals surface area contributed by atoms with Gasteiger partial charge in [-0.2, -0.15) is 0 Å². The number of rotatable bonds is 2. The van der Waals surface area contributed by atoms with E-state index in [9.17, 15) is 8.78 Å². The molecule has 1 aromatic heterocycles. The van der Waals surface area contributed by atoms with Gasteiger partial charge >= 0.3 is 0 Å². The molecule has 1 heterocycles. The second-order valence-electron chi connectivity index (χ2n) is 4.64. The molecule has 3 nitrogen and oxygen atoms in total. The molecule has 102 valence electrons. The standard InChI is InChI=1S/C15H9F2NO.H3N/c1-19-15-9-2-7(3-10(9)15)13-5-8-4-11(16)12(17)6-14(8)18-13;/h2-6,18H,1H3;1H3. The first-order chi connectivity index (χ1) is 9.17. The Balaban J connectivity index is 0.00000121. The van der Waals surface area contributed by atoms with E-state index in [4.69, 9.17) is 4.74 Å². The summed E-state index contributed by atoms with van der Waals surface area (Å²) in [5, 5.41) is 0.662. The highest BCUT2D eigenvalue weighted by molar-refractivity contribution is 6.00. The van der Waals surface area contributed by atoms with Crippen molar-refractivity contribution in [1.82, 2.24) is 11.1 Å². The molecule has 5 heteroatoms. The Bertz CT molecular complexity index is 777. The Morgan fingerprint density at radius 3 is 2.25 bits per heavy atom. The number of methoxy groups -OCH3 is 1. The summed E-state index contributed by atoms with van der Waals surface area (Å²) in [6, 6.07) is 8.21. The third-order valence-electron chi connectivity index (χ3n) is 3.49. The summed E-state index contributed by atoms with van der Waals surface area (Å²) in [6.45, 7) is 0. The van der Waals surface area contributed by atoms with Crippen LogP contribution in [0, 0.1) is 11.6 Å². The third kappa shape index (κ3) is 1.60. The lowest BCUT2D eigenvalue weighted by atomic mass is 10.2. The number of nitrogens with one attached hydrogen (secondary N) is 1. The average molecular weight is 274 g/mol. The summed E-state index contributed by atoms with van der Waals surface area (Å²) in [4.78, 5) is 3.10. The second kappa shape index (κ2) is 4.05. The van der Waals surface area contributed by atoms with Gasteiger partial charge in [-0.1, -0.05) is 0 Å². The third-order valence-corrected chi connectivity index (χ3v) is 3.49. The molecule has 0 bridgehead atoms. The highest BCUT2D eigenvalue weighted by atomic mass is 19.2. The van der Waals surface area contributed by atoms with Gasteiger partial charge in [0.1, 0.15) is 5.75 Å². The van der Waals surface area contributed by atoms with Gasteiger partial charge in [0.15, 0.2) is 11.6 Å². The number of hydrogen-bond acceptors (Lipinski definition) is 2. The molecule has 0 saturated heterocycles. The minimum Gasteiger partial charge on any atom is -0.495 e. The van der Waals surface area contributed by atoms with E-state index in [1.807, 2.05) is 18.2 Å². The van der Waals surface area contributed by atoms with Crippen LogP contribution in [0.5, 0.6) is 5.75 Å².